The van der Waals surface area contributed by atoms with E-state index in [1.165, 1.54) is 26.4 Å². The molecule has 1 atom stereocenters. The van der Waals surface area contributed by atoms with Crippen molar-refractivity contribution in [3.8, 4) is 22.6 Å². The molecule has 0 saturated heterocycles. The summed E-state index contributed by atoms with van der Waals surface area (Å²) in [5.41, 5.74) is 3.09. The molecule has 7 nitrogen and oxygen atoms in total. The molecule has 172 valence electrons. The van der Waals surface area contributed by atoms with Crippen LogP contribution in [0, 0.1) is 0 Å². The molecule has 0 radical (unpaired) electrons. The molecule has 0 bridgehead atoms. The zero-order chi connectivity index (χ0) is 23.8. The molecule has 1 aliphatic heterocycles. The largest absolute Gasteiger partial charge is 0.493 e. The van der Waals surface area contributed by atoms with E-state index in [-0.39, 0.29) is 17.9 Å². The minimum atomic E-state index is -4.08. The summed E-state index contributed by atoms with van der Waals surface area (Å²) in [6.45, 7) is -0.0894. The SMILES string of the molecule is COc1cc2c(cc1OC)CN(S(=O)(=O)c1ccc(-c3ccc(Cl)cc3)cc1)C(C(=O)O)C2. The molecule has 4 rings (SSSR count). The molecule has 33 heavy (non-hydrogen) atoms. The van der Waals surface area contributed by atoms with Gasteiger partial charge >= 0.3 is 5.97 Å². The number of carbonyl (C=O) groups is 1. The molecule has 1 heterocycles. The Morgan fingerprint density at radius 1 is 0.939 bits per heavy atom. The number of fused-ring (bicyclic) bond motifs is 1. The number of carboxylic acid groups (broad SMARTS) is 1. The zero-order valence-electron chi connectivity index (χ0n) is 18.0. The highest BCUT2D eigenvalue weighted by Gasteiger charge is 2.40. The Kier molecular flexibility index (Phi) is 6.34. The van der Waals surface area contributed by atoms with Gasteiger partial charge in [0.1, 0.15) is 6.04 Å². The van der Waals surface area contributed by atoms with Gasteiger partial charge in [-0.25, -0.2) is 8.42 Å². The summed E-state index contributed by atoms with van der Waals surface area (Å²) < 4.78 is 38.6. The number of ether oxygens (including phenoxy) is 2. The number of sulfonamides is 1. The highest BCUT2D eigenvalue weighted by molar-refractivity contribution is 7.89. The van der Waals surface area contributed by atoms with Crippen molar-refractivity contribution < 1.29 is 27.8 Å². The Labute approximate surface area is 197 Å². The first-order valence-electron chi connectivity index (χ1n) is 10.1. The maximum absolute atomic E-state index is 13.5. The molecule has 0 fully saturated rings. The Morgan fingerprint density at radius 3 is 1.97 bits per heavy atom. The molecule has 3 aromatic rings. The first-order chi connectivity index (χ1) is 15.7. The van der Waals surface area contributed by atoms with Crippen molar-refractivity contribution in [1.82, 2.24) is 4.31 Å². The number of hydrogen-bond donors (Lipinski definition) is 1. The minimum absolute atomic E-state index is 0.0209. The summed E-state index contributed by atoms with van der Waals surface area (Å²) in [4.78, 5) is 12.0. The van der Waals surface area contributed by atoms with E-state index < -0.39 is 22.0 Å². The van der Waals surface area contributed by atoms with Crippen LogP contribution in [0.3, 0.4) is 0 Å². The third-order valence-corrected chi connectivity index (χ3v) is 7.84. The summed E-state index contributed by atoms with van der Waals surface area (Å²) in [7, 11) is -1.10. The van der Waals surface area contributed by atoms with Crippen molar-refractivity contribution in [2.75, 3.05) is 14.2 Å². The predicted molar refractivity (Wildman–Crippen MR) is 124 cm³/mol. The van der Waals surface area contributed by atoms with Crippen molar-refractivity contribution >= 4 is 27.6 Å². The van der Waals surface area contributed by atoms with Gasteiger partial charge in [-0.05, 0) is 58.7 Å². The number of hydrogen-bond acceptors (Lipinski definition) is 5. The van der Waals surface area contributed by atoms with Crippen LogP contribution in [0.25, 0.3) is 11.1 Å². The van der Waals surface area contributed by atoms with E-state index in [2.05, 4.69) is 0 Å². The van der Waals surface area contributed by atoms with E-state index in [9.17, 15) is 18.3 Å². The molecule has 9 heteroatoms. The fourth-order valence-electron chi connectivity index (χ4n) is 3.95. The lowest BCUT2D eigenvalue weighted by Crippen LogP contribution is -2.48. The highest BCUT2D eigenvalue weighted by atomic mass is 35.5. The Balaban J connectivity index is 1.70. The van der Waals surface area contributed by atoms with E-state index in [0.717, 1.165) is 15.4 Å². The smallest absolute Gasteiger partial charge is 0.322 e. The van der Waals surface area contributed by atoms with Crippen LogP contribution in [-0.2, 0) is 27.8 Å². The van der Waals surface area contributed by atoms with Gasteiger partial charge < -0.3 is 14.6 Å². The summed E-state index contributed by atoms with van der Waals surface area (Å²) in [5, 5.41) is 10.4. The quantitative estimate of drug-likeness (QED) is 0.559. The molecule has 0 aromatic heterocycles. The lowest BCUT2D eigenvalue weighted by molar-refractivity contribution is -0.141. The van der Waals surface area contributed by atoms with Crippen LogP contribution in [0.1, 0.15) is 11.1 Å². The lowest BCUT2D eigenvalue weighted by Gasteiger charge is -2.34. The summed E-state index contributed by atoms with van der Waals surface area (Å²) in [6.07, 6.45) is 0.0209. The van der Waals surface area contributed by atoms with Gasteiger partial charge in [0.15, 0.2) is 11.5 Å². The molecule has 0 amide bonds. The van der Waals surface area contributed by atoms with Gasteiger partial charge in [0, 0.05) is 18.0 Å². The molecule has 0 aliphatic carbocycles. The fourth-order valence-corrected chi connectivity index (χ4v) is 5.63. The second-order valence-electron chi connectivity index (χ2n) is 7.62. The molecular formula is C24H22ClNO6S. The van der Waals surface area contributed by atoms with E-state index in [0.29, 0.717) is 27.6 Å². The zero-order valence-corrected chi connectivity index (χ0v) is 19.6. The highest BCUT2D eigenvalue weighted by Crippen LogP contribution is 2.37. The second kappa shape index (κ2) is 9.05. The fraction of sp³-hybridized carbons (Fsp3) is 0.208. The van der Waals surface area contributed by atoms with Gasteiger partial charge in [-0.15, -0.1) is 0 Å². The maximum Gasteiger partial charge on any atom is 0.322 e. The molecular weight excluding hydrogens is 466 g/mol. The normalized spacial score (nSPS) is 16.2. The standard InChI is InChI=1S/C24H22ClNO6S/c1-31-22-12-17-11-21(24(27)28)26(14-18(17)13-23(22)32-2)33(29,30)20-9-5-16(6-10-20)15-3-7-19(25)8-4-15/h3-10,12-13,21H,11,14H2,1-2H3,(H,27,28). The van der Waals surface area contributed by atoms with E-state index in [1.54, 1.807) is 36.4 Å². The molecule has 0 spiro atoms. The van der Waals surface area contributed by atoms with Crippen LogP contribution in [-0.4, -0.2) is 44.1 Å². The molecule has 1 unspecified atom stereocenters. The number of halogens is 1. The molecule has 0 saturated carbocycles. The van der Waals surface area contributed by atoms with Gasteiger partial charge in [0.05, 0.1) is 19.1 Å². The topological polar surface area (TPSA) is 93.1 Å². The van der Waals surface area contributed by atoms with E-state index >= 15 is 0 Å². The van der Waals surface area contributed by atoms with Gasteiger partial charge in [0.2, 0.25) is 10.0 Å². The first-order valence-corrected chi connectivity index (χ1v) is 11.9. The van der Waals surface area contributed by atoms with Crippen molar-refractivity contribution in [3.63, 3.8) is 0 Å². The lowest BCUT2D eigenvalue weighted by atomic mass is 9.95. The maximum atomic E-state index is 13.5. The number of rotatable bonds is 6. The number of benzene rings is 3. The monoisotopic (exact) mass is 487 g/mol. The predicted octanol–water partition coefficient (Wildman–Crippen LogP) is 4.22. The number of carboxylic acids is 1. The first kappa shape index (κ1) is 23.1. The van der Waals surface area contributed by atoms with Crippen LogP contribution in [0.2, 0.25) is 5.02 Å². The van der Waals surface area contributed by atoms with Crippen LogP contribution in [0.4, 0.5) is 0 Å². The summed E-state index contributed by atoms with van der Waals surface area (Å²) in [5.74, 6) is -0.291. The van der Waals surface area contributed by atoms with Crippen LogP contribution in [0.15, 0.2) is 65.6 Å². The third-order valence-electron chi connectivity index (χ3n) is 5.72. The summed E-state index contributed by atoms with van der Waals surface area (Å²) in [6, 6.07) is 15.7. The number of aliphatic carboxylic acids is 1. The Morgan fingerprint density at radius 2 is 1.45 bits per heavy atom. The van der Waals surface area contributed by atoms with E-state index in [4.69, 9.17) is 21.1 Å². The van der Waals surface area contributed by atoms with Crippen molar-refractivity contribution in [1.29, 1.82) is 0 Å². The van der Waals surface area contributed by atoms with Crippen LogP contribution >= 0.6 is 11.6 Å². The van der Waals surface area contributed by atoms with Crippen molar-refractivity contribution in [3.05, 3.63) is 76.8 Å². The van der Waals surface area contributed by atoms with Crippen LogP contribution < -0.4 is 9.47 Å². The van der Waals surface area contributed by atoms with Gasteiger partial charge in [-0.3, -0.25) is 4.79 Å². The number of nitrogens with zero attached hydrogens (tertiary/aromatic N) is 1. The van der Waals surface area contributed by atoms with Crippen molar-refractivity contribution in [2.45, 2.75) is 23.9 Å². The second-order valence-corrected chi connectivity index (χ2v) is 9.94. The van der Waals surface area contributed by atoms with Gasteiger partial charge in [0.25, 0.3) is 0 Å². The minimum Gasteiger partial charge on any atom is -0.493 e. The third kappa shape index (κ3) is 4.42. The van der Waals surface area contributed by atoms with E-state index in [1.807, 2.05) is 12.1 Å². The Bertz CT molecular complexity index is 1290. The molecule has 1 aliphatic rings. The van der Waals surface area contributed by atoms with Crippen molar-refractivity contribution in [2.24, 2.45) is 0 Å². The molecule has 1 N–H and O–H groups in total. The summed E-state index contributed by atoms with van der Waals surface area (Å²) >= 11 is 5.93. The van der Waals surface area contributed by atoms with Crippen LogP contribution in [0.5, 0.6) is 11.5 Å². The average molecular weight is 488 g/mol. The van der Waals surface area contributed by atoms with Gasteiger partial charge in [-0.1, -0.05) is 35.9 Å². The molecule has 3 aromatic carbocycles. The average Bonchev–Trinajstić information content (AvgIpc) is 2.82. The Hall–Kier alpha value is -3.07. The van der Waals surface area contributed by atoms with Gasteiger partial charge in [-0.2, -0.15) is 4.31 Å². The number of methoxy groups -OCH3 is 2.